The zero-order valence-corrected chi connectivity index (χ0v) is 19.4. The Morgan fingerprint density at radius 3 is 2.65 bits per heavy atom. The summed E-state index contributed by atoms with van der Waals surface area (Å²) in [5.74, 6) is 0.103. The van der Waals surface area contributed by atoms with Crippen molar-refractivity contribution in [2.24, 2.45) is 0 Å². The van der Waals surface area contributed by atoms with Crippen LogP contribution in [0, 0.1) is 0 Å². The Labute approximate surface area is 196 Å². The van der Waals surface area contributed by atoms with E-state index >= 15 is 0 Å². The van der Waals surface area contributed by atoms with E-state index in [0.717, 1.165) is 5.56 Å². The molecular weight excluding hydrogens is 436 g/mol. The van der Waals surface area contributed by atoms with E-state index < -0.39 is 18.0 Å². The van der Waals surface area contributed by atoms with E-state index in [4.69, 9.17) is 13.9 Å². The van der Waals surface area contributed by atoms with E-state index in [0.29, 0.717) is 28.2 Å². The number of aromatic nitrogens is 3. The molecule has 0 aliphatic heterocycles. The Balaban J connectivity index is 1.55. The van der Waals surface area contributed by atoms with Crippen molar-refractivity contribution >= 4 is 22.9 Å². The lowest BCUT2D eigenvalue weighted by Crippen LogP contribution is -2.35. The number of carbonyl (C=O) groups is 2. The summed E-state index contributed by atoms with van der Waals surface area (Å²) in [5, 5.41) is 7.70. The van der Waals surface area contributed by atoms with Crippen LogP contribution < -0.4 is 10.1 Å². The maximum atomic E-state index is 13.1. The second-order valence-electron chi connectivity index (χ2n) is 8.03. The molecule has 0 aliphatic carbocycles. The van der Waals surface area contributed by atoms with E-state index in [1.54, 1.807) is 36.2 Å². The molecule has 0 spiro atoms. The van der Waals surface area contributed by atoms with Crippen LogP contribution in [0.2, 0.25) is 0 Å². The van der Waals surface area contributed by atoms with Crippen molar-refractivity contribution in [3.63, 3.8) is 0 Å². The van der Waals surface area contributed by atoms with Gasteiger partial charge >= 0.3 is 5.97 Å². The number of amides is 1. The first-order chi connectivity index (χ1) is 16.4. The number of rotatable bonds is 8. The summed E-state index contributed by atoms with van der Waals surface area (Å²) >= 11 is 0. The molecule has 0 radical (unpaired) electrons. The van der Waals surface area contributed by atoms with Gasteiger partial charge in [-0.3, -0.25) is 4.79 Å². The van der Waals surface area contributed by atoms with Gasteiger partial charge in [-0.25, -0.2) is 14.5 Å². The first kappa shape index (κ1) is 23.0. The van der Waals surface area contributed by atoms with Crippen molar-refractivity contribution in [2.45, 2.75) is 39.5 Å². The topological polar surface area (TPSA) is 108 Å². The maximum absolute atomic E-state index is 13.1. The van der Waals surface area contributed by atoms with E-state index in [1.165, 1.54) is 13.2 Å². The molecule has 0 saturated carbocycles. The zero-order valence-electron chi connectivity index (χ0n) is 19.4. The number of furan rings is 1. The van der Waals surface area contributed by atoms with Gasteiger partial charge in [-0.1, -0.05) is 18.2 Å². The third kappa shape index (κ3) is 4.63. The first-order valence-electron chi connectivity index (χ1n) is 10.9. The van der Waals surface area contributed by atoms with Crippen LogP contribution in [0.1, 0.15) is 42.7 Å². The molecule has 1 atom stereocenters. The van der Waals surface area contributed by atoms with Crippen LogP contribution in [0.15, 0.2) is 59.3 Å². The predicted molar refractivity (Wildman–Crippen MR) is 125 cm³/mol. The van der Waals surface area contributed by atoms with E-state index in [-0.39, 0.29) is 18.2 Å². The van der Waals surface area contributed by atoms with Crippen molar-refractivity contribution in [3.8, 4) is 17.2 Å². The van der Waals surface area contributed by atoms with Crippen molar-refractivity contribution in [1.82, 2.24) is 20.1 Å². The zero-order chi connectivity index (χ0) is 24.2. The second-order valence-corrected chi connectivity index (χ2v) is 8.03. The summed E-state index contributed by atoms with van der Waals surface area (Å²) in [6.45, 7) is 5.71. The lowest BCUT2D eigenvalue weighted by atomic mass is 10.1. The summed E-state index contributed by atoms with van der Waals surface area (Å²) in [7, 11) is 1.57. The normalized spacial score (nSPS) is 12.0. The van der Waals surface area contributed by atoms with Crippen LogP contribution in [-0.4, -0.2) is 39.9 Å². The Morgan fingerprint density at radius 2 is 1.94 bits per heavy atom. The molecule has 3 heterocycles. The highest BCUT2D eigenvalue weighted by atomic mass is 16.5. The van der Waals surface area contributed by atoms with Crippen LogP contribution in [-0.2, 0) is 16.1 Å². The highest BCUT2D eigenvalue weighted by Gasteiger charge is 2.24. The number of pyridine rings is 1. The molecule has 4 rings (SSSR count). The first-order valence-corrected chi connectivity index (χ1v) is 10.9. The third-order valence-corrected chi connectivity index (χ3v) is 5.35. The van der Waals surface area contributed by atoms with Crippen LogP contribution in [0.25, 0.3) is 22.5 Å². The fourth-order valence-corrected chi connectivity index (χ4v) is 3.57. The van der Waals surface area contributed by atoms with Gasteiger partial charge in [0.25, 0.3) is 5.91 Å². The van der Waals surface area contributed by atoms with Crippen molar-refractivity contribution in [3.05, 3.63) is 66.1 Å². The van der Waals surface area contributed by atoms with Crippen LogP contribution in [0.4, 0.5) is 0 Å². The maximum Gasteiger partial charge on any atom is 0.339 e. The minimum absolute atomic E-state index is 0.0281. The number of methoxy groups -OCH3 is 1. The summed E-state index contributed by atoms with van der Waals surface area (Å²) in [6.07, 6.45) is 2.10. The second kappa shape index (κ2) is 9.78. The number of nitrogens with one attached hydrogen (secondary N) is 1. The van der Waals surface area contributed by atoms with Crippen LogP contribution >= 0.6 is 0 Å². The number of fused-ring (bicyclic) bond motifs is 1. The van der Waals surface area contributed by atoms with Gasteiger partial charge in [-0.05, 0) is 45.0 Å². The van der Waals surface area contributed by atoms with Gasteiger partial charge in [0.05, 0.1) is 30.5 Å². The Kier molecular flexibility index (Phi) is 6.62. The number of para-hydroxylation sites is 1. The average molecular weight is 463 g/mol. The molecule has 1 amide bonds. The number of nitrogens with zero attached hydrogens (tertiary/aromatic N) is 3. The number of esters is 1. The number of ether oxygens (including phenoxy) is 2. The molecular formula is C25H26N4O5. The van der Waals surface area contributed by atoms with Gasteiger partial charge in [0.2, 0.25) is 0 Å². The molecule has 0 aliphatic rings. The van der Waals surface area contributed by atoms with Gasteiger partial charge in [-0.15, -0.1) is 0 Å². The SMILES string of the molecule is COc1ccccc1CNC(=O)C(C)OC(=O)c1cc(-c2ccco2)nc2c1cnn2C(C)C. The molecule has 0 bridgehead atoms. The van der Waals surface area contributed by atoms with Crippen LogP contribution in [0.5, 0.6) is 5.75 Å². The number of hydrogen-bond donors (Lipinski definition) is 1. The van der Waals surface area contributed by atoms with E-state index in [1.807, 2.05) is 38.1 Å². The minimum Gasteiger partial charge on any atom is -0.496 e. The standard InChI is InChI=1S/C25H26N4O5/c1-15(2)29-23-19(14-27-29)18(12-20(28-23)22-10-7-11-33-22)25(31)34-16(3)24(30)26-13-17-8-5-6-9-21(17)32-4/h5-12,14-16H,13H2,1-4H3,(H,26,30). The Morgan fingerprint density at radius 1 is 1.15 bits per heavy atom. The fraction of sp³-hybridized carbons (Fsp3) is 0.280. The minimum atomic E-state index is -1.02. The molecule has 176 valence electrons. The molecule has 1 N–H and O–H groups in total. The molecule has 1 aromatic carbocycles. The molecule has 1 unspecified atom stereocenters. The molecule has 9 nitrogen and oxygen atoms in total. The fourth-order valence-electron chi connectivity index (χ4n) is 3.57. The van der Waals surface area contributed by atoms with Crippen molar-refractivity contribution in [1.29, 1.82) is 0 Å². The van der Waals surface area contributed by atoms with Crippen molar-refractivity contribution < 1.29 is 23.5 Å². The highest BCUT2D eigenvalue weighted by Crippen LogP contribution is 2.27. The Hall–Kier alpha value is -4.14. The lowest BCUT2D eigenvalue weighted by Gasteiger charge is -2.15. The monoisotopic (exact) mass is 462 g/mol. The quantitative estimate of drug-likeness (QED) is 0.392. The third-order valence-electron chi connectivity index (χ3n) is 5.35. The summed E-state index contributed by atoms with van der Waals surface area (Å²) in [5.41, 5.74) is 2.08. The van der Waals surface area contributed by atoms with Crippen LogP contribution in [0.3, 0.4) is 0 Å². The van der Waals surface area contributed by atoms with E-state index in [2.05, 4.69) is 15.4 Å². The largest absolute Gasteiger partial charge is 0.496 e. The Bertz CT molecular complexity index is 1310. The summed E-state index contributed by atoms with van der Waals surface area (Å²) in [6, 6.07) is 12.5. The van der Waals surface area contributed by atoms with Gasteiger partial charge in [0.1, 0.15) is 11.4 Å². The van der Waals surface area contributed by atoms with Gasteiger partial charge in [0.15, 0.2) is 17.5 Å². The smallest absolute Gasteiger partial charge is 0.339 e. The molecule has 4 aromatic rings. The molecule has 34 heavy (non-hydrogen) atoms. The van der Waals surface area contributed by atoms with Gasteiger partial charge in [0, 0.05) is 18.2 Å². The molecule has 0 fully saturated rings. The predicted octanol–water partition coefficient (Wildman–Crippen LogP) is 4.14. The number of hydrogen-bond acceptors (Lipinski definition) is 7. The van der Waals surface area contributed by atoms with E-state index in [9.17, 15) is 9.59 Å². The molecule has 3 aromatic heterocycles. The summed E-state index contributed by atoms with van der Waals surface area (Å²) < 4.78 is 18.0. The van der Waals surface area contributed by atoms with Gasteiger partial charge in [-0.2, -0.15) is 5.10 Å². The molecule has 0 saturated heterocycles. The number of benzene rings is 1. The number of carbonyl (C=O) groups excluding carboxylic acids is 2. The summed E-state index contributed by atoms with van der Waals surface area (Å²) in [4.78, 5) is 30.4. The molecule has 9 heteroatoms. The average Bonchev–Trinajstić information content (AvgIpc) is 3.52. The van der Waals surface area contributed by atoms with Crippen molar-refractivity contribution in [2.75, 3.05) is 7.11 Å². The van der Waals surface area contributed by atoms with Gasteiger partial charge < -0.3 is 19.2 Å². The highest BCUT2D eigenvalue weighted by molar-refractivity contribution is 6.04. The lowest BCUT2D eigenvalue weighted by molar-refractivity contribution is -0.129.